The van der Waals surface area contributed by atoms with Crippen LogP contribution in [0.4, 0.5) is 0 Å². The Morgan fingerprint density at radius 3 is 3.00 bits per heavy atom. The van der Waals surface area contributed by atoms with Crippen LogP contribution in [-0.2, 0) is 3.83 Å². The maximum atomic E-state index is 10.8. The minimum atomic E-state index is -0.491. The molecule has 0 atom stereocenters. The molecule has 0 radical (unpaired) electrons. The van der Waals surface area contributed by atoms with Gasteiger partial charge in [0, 0.05) is 6.20 Å². The van der Waals surface area contributed by atoms with Crippen molar-refractivity contribution in [3.63, 3.8) is 0 Å². The summed E-state index contributed by atoms with van der Waals surface area (Å²) in [6, 6.07) is 2.93. The largest absolute Gasteiger partial charge is 0.380 e. The van der Waals surface area contributed by atoms with Gasteiger partial charge in [-0.2, -0.15) is 0 Å². The lowest BCUT2D eigenvalue weighted by molar-refractivity contribution is 0.0782. The van der Waals surface area contributed by atoms with Gasteiger partial charge < -0.3 is 3.83 Å². The summed E-state index contributed by atoms with van der Waals surface area (Å²) in [4.78, 5) is 14.5. The average molecular weight is 236 g/mol. The Morgan fingerprint density at radius 1 is 1.73 bits per heavy atom. The van der Waals surface area contributed by atoms with Crippen molar-refractivity contribution in [2.24, 2.45) is 0 Å². The molecule has 5 heteroatoms. The predicted octanol–water partition coefficient (Wildman–Crippen LogP) is 2.20. The second-order valence-corrected chi connectivity index (χ2v) is 2.44. The van der Waals surface area contributed by atoms with Crippen LogP contribution in [0.1, 0.15) is 10.4 Å². The fourth-order valence-corrected chi connectivity index (χ4v) is 0.935. The van der Waals surface area contributed by atoms with Gasteiger partial charge in [-0.3, -0.25) is 0 Å². The molecule has 0 N–H and O–H groups in total. The molecule has 0 aliphatic carbocycles. The first kappa shape index (κ1) is 8.49. The summed E-state index contributed by atoms with van der Waals surface area (Å²) < 4.78 is 4.28. The summed E-state index contributed by atoms with van der Waals surface area (Å²) in [7, 11) is 0. The Hall–Kier alpha value is -0.610. The van der Waals surface area contributed by atoms with Crippen LogP contribution in [0.5, 0.6) is 0 Å². The zero-order valence-corrected chi connectivity index (χ0v) is 7.59. The number of nitrogens with zero attached hydrogens (tertiary/aromatic N) is 1. The Kier molecular flexibility index (Phi) is 2.84. The van der Waals surface area contributed by atoms with E-state index in [1.807, 2.05) is 0 Å². The minimum absolute atomic E-state index is 0.264. The highest BCUT2D eigenvalue weighted by Crippen LogP contribution is 2.08. The number of pyridine rings is 1. The van der Waals surface area contributed by atoms with Gasteiger partial charge in [-0.15, -0.1) is 0 Å². The van der Waals surface area contributed by atoms with Crippen molar-refractivity contribution >= 4 is 33.8 Å². The van der Waals surface area contributed by atoms with E-state index in [4.69, 9.17) is 11.6 Å². The number of rotatable bonds is 1. The highest BCUT2D eigenvalue weighted by atomic mass is 79.9. The molecule has 0 saturated heterocycles. The molecule has 1 aromatic heterocycles. The molecule has 0 aliphatic rings. The SMILES string of the molecule is O=C(OBr)c1ccnc(Cl)c1. The fraction of sp³-hybridized carbons (Fsp3) is 0. The zero-order valence-electron chi connectivity index (χ0n) is 5.25. The molecule has 11 heavy (non-hydrogen) atoms. The first-order chi connectivity index (χ1) is 5.24. The van der Waals surface area contributed by atoms with Crippen LogP contribution in [0.25, 0.3) is 0 Å². The molecular weight excluding hydrogens is 233 g/mol. The van der Waals surface area contributed by atoms with E-state index in [0.29, 0.717) is 5.56 Å². The van der Waals surface area contributed by atoms with Gasteiger partial charge in [-0.25, -0.2) is 9.78 Å². The van der Waals surface area contributed by atoms with Crippen molar-refractivity contribution in [3.8, 4) is 0 Å². The predicted molar refractivity (Wildman–Crippen MR) is 43.6 cm³/mol. The summed E-state index contributed by atoms with van der Waals surface area (Å²) in [6.07, 6.45) is 1.43. The van der Waals surface area contributed by atoms with Gasteiger partial charge in [0.15, 0.2) is 16.3 Å². The number of hydrogen-bond donors (Lipinski definition) is 0. The van der Waals surface area contributed by atoms with Crippen LogP contribution in [0, 0.1) is 0 Å². The van der Waals surface area contributed by atoms with Crippen molar-refractivity contribution in [1.29, 1.82) is 0 Å². The van der Waals surface area contributed by atoms with E-state index >= 15 is 0 Å². The lowest BCUT2D eigenvalue weighted by Gasteiger charge is -1.94. The highest BCUT2D eigenvalue weighted by Gasteiger charge is 2.05. The van der Waals surface area contributed by atoms with Crippen LogP contribution in [0.15, 0.2) is 18.3 Å². The summed E-state index contributed by atoms with van der Waals surface area (Å²) in [5.41, 5.74) is 0.363. The quantitative estimate of drug-likeness (QED) is 0.702. The van der Waals surface area contributed by atoms with Gasteiger partial charge in [0.05, 0.1) is 5.56 Å². The van der Waals surface area contributed by atoms with E-state index < -0.39 is 5.97 Å². The van der Waals surface area contributed by atoms with E-state index in [9.17, 15) is 4.79 Å². The molecule has 1 rings (SSSR count). The zero-order chi connectivity index (χ0) is 8.27. The number of carbonyl (C=O) groups is 1. The van der Waals surface area contributed by atoms with E-state index in [1.54, 1.807) is 0 Å². The maximum Gasteiger partial charge on any atom is 0.349 e. The lowest BCUT2D eigenvalue weighted by Crippen LogP contribution is -1.97. The fourth-order valence-electron chi connectivity index (χ4n) is 0.574. The Balaban J connectivity index is 2.96. The van der Waals surface area contributed by atoms with Crippen LogP contribution >= 0.6 is 27.9 Å². The molecule has 0 amide bonds. The molecule has 1 heterocycles. The topological polar surface area (TPSA) is 39.2 Å². The summed E-state index contributed by atoms with van der Waals surface area (Å²) in [5.74, 6) is -0.491. The minimum Gasteiger partial charge on any atom is -0.380 e. The average Bonchev–Trinajstić information content (AvgIpc) is 2.03. The van der Waals surface area contributed by atoms with Crippen LogP contribution in [0.2, 0.25) is 5.15 Å². The van der Waals surface area contributed by atoms with Crippen LogP contribution < -0.4 is 0 Å². The van der Waals surface area contributed by atoms with Gasteiger partial charge in [0.25, 0.3) is 0 Å². The summed E-state index contributed by atoms with van der Waals surface area (Å²) in [5, 5.41) is 0.264. The molecule has 0 fully saturated rings. The highest BCUT2D eigenvalue weighted by molar-refractivity contribution is 9.06. The summed E-state index contributed by atoms with van der Waals surface area (Å²) in [6.45, 7) is 0. The van der Waals surface area contributed by atoms with Gasteiger partial charge in [-0.1, -0.05) is 11.6 Å². The van der Waals surface area contributed by atoms with E-state index in [0.717, 1.165) is 0 Å². The van der Waals surface area contributed by atoms with Crippen LogP contribution in [-0.4, -0.2) is 11.0 Å². The number of carbonyl (C=O) groups excluding carboxylic acids is 1. The molecule has 0 saturated carbocycles. The monoisotopic (exact) mass is 235 g/mol. The van der Waals surface area contributed by atoms with Crippen molar-refractivity contribution in [1.82, 2.24) is 4.98 Å². The summed E-state index contributed by atoms with van der Waals surface area (Å²) >= 11 is 8.07. The standard InChI is InChI=1S/C6H3BrClNO2/c7-11-6(10)4-1-2-9-5(8)3-4/h1-3H. The molecule has 0 aromatic carbocycles. The Morgan fingerprint density at radius 2 is 2.45 bits per heavy atom. The molecule has 0 aliphatic heterocycles. The molecule has 0 unspecified atom stereocenters. The molecule has 3 nitrogen and oxygen atoms in total. The Labute approximate surface area is 76.8 Å². The molecule has 58 valence electrons. The first-order valence-electron chi connectivity index (χ1n) is 2.68. The number of halogens is 2. The second-order valence-electron chi connectivity index (χ2n) is 1.73. The number of hydrogen-bond acceptors (Lipinski definition) is 3. The third-order valence-electron chi connectivity index (χ3n) is 1.03. The normalized spacial score (nSPS) is 9.27. The second kappa shape index (κ2) is 3.69. The van der Waals surface area contributed by atoms with Gasteiger partial charge in [0.2, 0.25) is 0 Å². The smallest absolute Gasteiger partial charge is 0.349 e. The van der Waals surface area contributed by atoms with Crippen molar-refractivity contribution in [2.75, 3.05) is 0 Å². The van der Waals surface area contributed by atoms with E-state index in [2.05, 4.69) is 25.1 Å². The van der Waals surface area contributed by atoms with Crippen LogP contribution in [0.3, 0.4) is 0 Å². The maximum absolute atomic E-state index is 10.8. The first-order valence-corrected chi connectivity index (χ1v) is 3.71. The third-order valence-corrected chi connectivity index (χ3v) is 1.53. The van der Waals surface area contributed by atoms with Gasteiger partial charge >= 0.3 is 5.97 Å². The van der Waals surface area contributed by atoms with E-state index in [1.165, 1.54) is 18.3 Å². The molecule has 0 spiro atoms. The Bertz CT molecular complexity index is 279. The molecule has 1 aromatic rings. The van der Waals surface area contributed by atoms with Gasteiger partial charge in [0.1, 0.15) is 5.15 Å². The van der Waals surface area contributed by atoms with E-state index in [-0.39, 0.29) is 5.15 Å². The van der Waals surface area contributed by atoms with Crippen molar-refractivity contribution in [2.45, 2.75) is 0 Å². The number of aromatic nitrogens is 1. The molecular formula is C6H3BrClNO2. The van der Waals surface area contributed by atoms with Gasteiger partial charge in [-0.05, 0) is 12.1 Å². The van der Waals surface area contributed by atoms with Crippen molar-refractivity contribution in [3.05, 3.63) is 29.0 Å². The molecule has 0 bridgehead atoms. The lowest BCUT2D eigenvalue weighted by atomic mass is 10.3. The third kappa shape index (κ3) is 2.17. The van der Waals surface area contributed by atoms with Crippen molar-refractivity contribution < 1.29 is 8.62 Å².